The Kier molecular flexibility index (Phi) is 6.64. The Morgan fingerprint density at radius 3 is 1.95 bits per heavy atom. The topological polar surface area (TPSA) is 9.23 Å². The second-order valence-corrected chi connectivity index (χ2v) is 7.09. The number of ether oxygens (including phenoxy) is 1. The zero-order valence-electron chi connectivity index (χ0n) is 13.6. The van der Waals surface area contributed by atoms with Crippen molar-refractivity contribution in [3.05, 3.63) is 12.3 Å². The molecule has 0 N–H and O–H groups in total. The summed E-state index contributed by atoms with van der Waals surface area (Å²) in [6, 6.07) is 0. The van der Waals surface area contributed by atoms with E-state index in [1.54, 1.807) is 0 Å². The van der Waals surface area contributed by atoms with E-state index in [1.807, 2.05) is 0 Å². The summed E-state index contributed by atoms with van der Waals surface area (Å²) in [7, 11) is 0. The fraction of sp³-hybridized carbons (Fsp3) is 0.889. The summed E-state index contributed by atoms with van der Waals surface area (Å²) >= 11 is 0. The van der Waals surface area contributed by atoms with Gasteiger partial charge in [0.2, 0.25) is 0 Å². The maximum Gasteiger partial charge on any atom is 0.412 e. The molecule has 2 aliphatic carbocycles. The molecule has 2 rings (SSSR count). The second kappa shape index (κ2) is 8.26. The number of rotatable bonds is 5. The molecule has 0 saturated heterocycles. The number of alkyl halides is 3. The number of hydrogen-bond acceptors (Lipinski definition) is 1. The van der Waals surface area contributed by atoms with Crippen LogP contribution in [0.4, 0.5) is 13.2 Å². The summed E-state index contributed by atoms with van der Waals surface area (Å²) in [5, 5.41) is 0. The van der Waals surface area contributed by atoms with E-state index >= 15 is 0 Å². The fourth-order valence-corrected chi connectivity index (χ4v) is 4.28. The Hall–Kier alpha value is -0.670. The lowest BCUT2D eigenvalue weighted by atomic mass is 9.70. The first-order valence-electron chi connectivity index (χ1n) is 8.88. The molecule has 0 unspecified atom stereocenters. The van der Waals surface area contributed by atoms with Gasteiger partial charge in [0.15, 0.2) is 0 Å². The highest BCUT2D eigenvalue weighted by molar-refractivity contribution is 4.86. The molecule has 22 heavy (non-hydrogen) atoms. The van der Waals surface area contributed by atoms with Gasteiger partial charge in [-0.1, -0.05) is 32.6 Å². The molecule has 128 valence electrons. The molecule has 0 amide bonds. The Bertz CT molecular complexity index is 335. The number of allylic oxidation sites excluding steroid dienone is 1. The van der Waals surface area contributed by atoms with Gasteiger partial charge in [0, 0.05) is 0 Å². The Balaban J connectivity index is 1.66. The van der Waals surface area contributed by atoms with Crippen LogP contribution in [0.25, 0.3) is 0 Å². The molecule has 1 nitrogen and oxygen atoms in total. The van der Waals surface area contributed by atoms with Gasteiger partial charge in [-0.2, -0.15) is 13.2 Å². The highest BCUT2D eigenvalue weighted by Crippen LogP contribution is 2.41. The van der Waals surface area contributed by atoms with Crippen molar-refractivity contribution in [1.29, 1.82) is 0 Å². The Labute approximate surface area is 132 Å². The molecule has 0 heterocycles. The third-order valence-electron chi connectivity index (χ3n) is 5.50. The molecule has 0 aromatic heterocycles. The molecular formula is C18H29F3O. The Morgan fingerprint density at radius 1 is 0.909 bits per heavy atom. The largest absolute Gasteiger partial charge is 0.498 e. The smallest absolute Gasteiger partial charge is 0.412 e. The molecule has 4 heteroatoms. The lowest BCUT2D eigenvalue weighted by molar-refractivity contribution is -0.0825. The van der Waals surface area contributed by atoms with Crippen molar-refractivity contribution in [2.75, 3.05) is 0 Å². The number of hydrogen-bond donors (Lipinski definition) is 0. The van der Waals surface area contributed by atoms with Crippen LogP contribution in [0.5, 0.6) is 0 Å². The van der Waals surface area contributed by atoms with Gasteiger partial charge in [0.05, 0.1) is 18.4 Å². The van der Waals surface area contributed by atoms with Crippen molar-refractivity contribution in [2.24, 2.45) is 17.8 Å². The molecule has 0 aromatic carbocycles. The predicted molar refractivity (Wildman–Crippen MR) is 82.4 cm³/mol. The second-order valence-electron chi connectivity index (χ2n) is 7.09. The average Bonchev–Trinajstić information content (AvgIpc) is 2.48. The first kappa shape index (κ1) is 17.7. The number of halogens is 3. The molecule has 2 aliphatic rings. The van der Waals surface area contributed by atoms with Gasteiger partial charge in [-0.3, -0.25) is 0 Å². The first-order valence-corrected chi connectivity index (χ1v) is 8.88. The van der Waals surface area contributed by atoms with Gasteiger partial charge in [0.25, 0.3) is 0 Å². The monoisotopic (exact) mass is 318 g/mol. The van der Waals surface area contributed by atoms with E-state index in [4.69, 9.17) is 4.74 Å². The minimum absolute atomic E-state index is 0.0220. The summed E-state index contributed by atoms with van der Waals surface area (Å²) in [5.41, 5.74) is 0. The average molecular weight is 318 g/mol. The summed E-state index contributed by atoms with van der Waals surface area (Å²) in [6.45, 7) is 2.26. The molecule has 0 aliphatic heterocycles. The van der Waals surface area contributed by atoms with Crippen LogP contribution in [-0.2, 0) is 4.74 Å². The zero-order chi connectivity index (χ0) is 16.0. The quantitative estimate of drug-likeness (QED) is 0.545. The molecule has 0 atom stereocenters. The first-order chi connectivity index (χ1) is 10.5. The van der Waals surface area contributed by atoms with Crippen molar-refractivity contribution in [2.45, 2.75) is 83.4 Å². The van der Waals surface area contributed by atoms with Crippen LogP contribution in [-0.4, -0.2) is 12.3 Å². The maximum absolute atomic E-state index is 12.0. The molecule has 2 saturated carbocycles. The fourth-order valence-electron chi connectivity index (χ4n) is 4.28. The molecule has 0 radical (unpaired) electrons. The SMILES string of the molecule is CCCC1CCC(C2CCC(OC=CC(F)(F)F)CC2)CC1. The molecule has 2 fully saturated rings. The van der Waals surface area contributed by atoms with Crippen molar-refractivity contribution in [3.8, 4) is 0 Å². The molecule has 0 spiro atoms. The third kappa shape index (κ3) is 5.85. The van der Waals surface area contributed by atoms with Crippen molar-refractivity contribution in [3.63, 3.8) is 0 Å². The third-order valence-corrected chi connectivity index (χ3v) is 5.50. The highest BCUT2D eigenvalue weighted by Gasteiger charge is 2.31. The van der Waals surface area contributed by atoms with Gasteiger partial charge < -0.3 is 4.74 Å². The van der Waals surface area contributed by atoms with Gasteiger partial charge in [0.1, 0.15) is 0 Å². The summed E-state index contributed by atoms with van der Waals surface area (Å²) in [6.07, 6.45) is 8.91. The van der Waals surface area contributed by atoms with E-state index in [2.05, 4.69) is 6.92 Å². The van der Waals surface area contributed by atoms with Crippen molar-refractivity contribution in [1.82, 2.24) is 0 Å². The van der Waals surface area contributed by atoms with Gasteiger partial charge in [-0.25, -0.2) is 0 Å². The lowest BCUT2D eigenvalue weighted by Gasteiger charge is -2.37. The highest BCUT2D eigenvalue weighted by atomic mass is 19.4. The predicted octanol–water partition coefficient (Wildman–Crippen LogP) is 6.24. The van der Waals surface area contributed by atoms with E-state index in [1.165, 1.54) is 38.5 Å². The van der Waals surface area contributed by atoms with Crippen LogP contribution in [0.1, 0.15) is 71.1 Å². The van der Waals surface area contributed by atoms with Crippen molar-refractivity contribution >= 4 is 0 Å². The van der Waals surface area contributed by atoms with E-state index < -0.39 is 6.18 Å². The van der Waals surface area contributed by atoms with Gasteiger partial charge in [-0.05, 0) is 56.3 Å². The standard InChI is InChI=1S/C18H29F3O/c1-2-3-14-4-6-15(7-5-14)16-8-10-17(11-9-16)22-13-12-18(19,20)21/h12-17H,2-11H2,1H3. The lowest BCUT2D eigenvalue weighted by Crippen LogP contribution is -2.28. The van der Waals surface area contributed by atoms with Crippen LogP contribution < -0.4 is 0 Å². The van der Waals surface area contributed by atoms with Gasteiger partial charge in [-0.15, -0.1) is 0 Å². The minimum Gasteiger partial charge on any atom is -0.498 e. The maximum atomic E-state index is 12.0. The normalized spacial score (nSPS) is 34.0. The molecule has 0 bridgehead atoms. The van der Waals surface area contributed by atoms with E-state index in [9.17, 15) is 13.2 Å². The van der Waals surface area contributed by atoms with Crippen LogP contribution >= 0.6 is 0 Å². The van der Waals surface area contributed by atoms with Crippen molar-refractivity contribution < 1.29 is 17.9 Å². The summed E-state index contributed by atoms with van der Waals surface area (Å²) < 4.78 is 41.3. The van der Waals surface area contributed by atoms with E-state index in [0.29, 0.717) is 0 Å². The minimum atomic E-state index is -4.27. The molecule has 0 aromatic rings. The van der Waals surface area contributed by atoms with Crippen LogP contribution in [0.2, 0.25) is 0 Å². The van der Waals surface area contributed by atoms with Crippen LogP contribution in [0.3, 0.4) is 0 Å². The molecular weight excluding hydrogens is 289 g/mol. The van der Waals surface area contributed by atoms with Gasteiger partial charge >= 0.3 is 6.18 Å². The zero-order valence-corrected chi connectivity index (χ0v) is 13.6. The summed E-state index contributed by atoms with van der Waals surface area (Å²) in [4.78, 5) is 0. The van der Waals surface area contributed by atoms with E-state index in [0.717, 1.165) is 49.7 Å². The van der Waals surface area contributed by atoms with Crippen LogP contribution in [0.15, 0.2) is 12.3 Å². The van der Waals surface area contributed by atoms with E-state index in [-0.39, 0.29) is 12.2 Å². The van der Waals surface area contributed by atoms with Crippen LogP contribution in [0, 0.1) is 17.8 Å². The summed E-state index contributed by atoms with van der Waals surface area (Å²) in [5.74, 6) is 2.56. The Morgan fingerprint density at radius 2 is 1.45 bits per heavy atom.